The van der Waals surface area contributed by atoms with Crippen molar-refractivity contribution >= 4 is 11.3 Å². The molecule has 3 heteroatoms. The standard InChI is InChI=1S/C17H21NOS/c1-17(19,16-8-5-11-20-16)12-18-15-10-9-14(15)13-6-3-2-4-7-13/h2-8,11,14-15,18-19H,9-10,12H2,1H3/t14-,15+,17+/m1/s1. The Morgan fingerprint density at radius 1 is 1.20 bits per heavy atom. The molecule has 1 aromatic carbocycles. The molecule has 3 rings (SSSR count). The van der Waals surface area contributed by atoms with Gasteiger partial charge >= 0.3 is 0 Å². The Bertz CT molecular complexity index is 535. The molecule has 3 atom stereocenters. The molecule has 1 aromatic heterocycles. The first-order valence-electron chi connectivity index (χ1n) is 7.21. The van der Waals surface area contributed by atoms with Gasteiger partial charge in [0.1, 0.15) is 5.60 Å². The molecular formula is C17H21NOS. The van der Waals surface area contributed by atoms with Gasteiger partial charge in [0.25, 0.3) is 0 Å². The van der Waals surface area contributed by atoms with Crippen LogP contribution in [0.2, 0.25) is 0 Å². The first kappa shape index (κ1) is 13.8. The summed E-state index contributed by atoms with van der Waals surface area (Å²) in [5.41, 5.74) is 0.636. The van der Waals surface area contributed by atoms with Crippen LogP contribution < -0.4 is 5.32 Å². The molecule has 2 aromatic rings. The van der Waals surface area contributed by atoms with Crippen molar-refractivity contribution in [1.29, 1.82) is 0 Å². The lowest BCUT2D eigenvalue weighted by Crippen LogP contribution is -2.47. The summed E-state index contributed by atoms with van der Waals surface area (Å²) in [6.45, 7) is 2.50. The maximum absolute atomic E-state index is 10.5. The number of rotatable bonds is 5. The van der Waals surface area contributed by atoms with E-state index in [1.54, 1.807) is 11.3 Å². The molecule has 1 fully saturated rings. The lowest BCUT2D eigenvalue weighted by molar-refractivity contribution is 0.0519. The summed E-state index contributed by atoms with van der Waals surface area (Å²) in [6, 6.07) is 15.2. The van der Waals surface area contributed by atoms with Crippen molar-refractivity contribution in [2.45, 2.75) is 37.3 Å². The molecule has 2 N–H and O–H groups in total. The average Bonchev–Trinajstić information content (AvgIpc) is 2.93. The van der Waals surface area contributed by atoms with E-state index >= 15 is 0 Å². The SMILES string of the molecule is C[C@](O)(CN[C@H]1CC[C@@H]1c1ccccc1)c1cccs1. The molecule has 106 valence electrons. The minimum Gasteiger partial charge on any atom is -0.383 e. The Morgan fingerprint density at radius 2 is 2.00 bits per heavy atom. The van der Waals surface area contributed by atoms with Crippen molar-refractivity contribution < 1.29 is 5.11 Å². The fraction of sp³-hybridized carbons (Fsp3) is 0.412. The van der Waals surface area contributed by atoms with E-state index in [9.17, 15) is 5.11 Å². The molecule has 0 unspecified atom stereocenters. The number of hydrogen-bond acceptors (Lipinski definition) is 3. The fourth-order valence-corrected chi connectivity index (χ4v) is 3.63. The second-order valence-corrected chi connectivity index (χ2v) is 6.78. The first-order chi connectivity index (χ1) is 9.67. The van der Waals surface area contributed by atoms with Gasteiger partial charge in [-0.2, -0.15) is 0 Å². The highest BCUT2D eigenvalue weighted by molar-refractivity contribution is 7.10. The third-order valence-corrected chi connectivity index (χ3v) is 5.39. The van der Waals surface area contributed by atoms with E-state index in [1.165, 1.54) is 18.4 Å². The van der Waals surface area contributed by atoms with Crippen LogP contribution in [-0.2, 0) is 5.60 Å². The summed E-state index contributed by atoms with van der Waals surface area (Å²) >= 11 is 1.61. The van der Waals surface area contributed by atoms with Gasteiger partial charge in [-0.15, -0.1) is 11.3 Å². The van der Waals surface area contributed by atoms with Gasteiger partial charge < -0.3 is 10.4 Å². The topological polar surface area (TPSA) is 32.3 Å². The highest BCUT2D eigenvalue weighted by Crippen LogP contribution is 2.37. The lowest BCUT2D eigenvalue weighted by Gasteiger charge is -2.39. The normalized spacial score (nSPS) is 24.9. The molecule has 20 heavy (non-hydrogen) atoms. The molecule has 0 bridgehead atoms. The van der Waals surface area contributed by atoms with Gasteiger partial charge in [-0.3, -0.25) is 0 Å². The Hall–Kier alpha value is -1.16. The highest BCUT2D eigenvalue weighted by Gasteiger charge is 2.34. The smallest absolute Gasteiger partial charge is 0.108 e. The van der Waals surface area contributed by atoms with Gasteiger partial charge in [0, 0.05) is 17.5 Å². The number of thiophene rings is 1. The van der Waals surface area contributed by atoms with Gasteiger partial charge in [-0.25, -0.2) is 0 Å². The molecule has 1 heterocycles. The number of hydrogen-bond donors (Lipinski definition) is 2. The molecule has 0 amide bonds. The maximum atomic E-state index is 10.5. The van der Waals surface area contributed by atoms with Crippen molar-refractivity contribution in [2.75, 3.05) is 6.54 Å². The molecule has 1 saturated carbocycles. The van der Waals surface area contributed by atoms with Crippen LogP contribution in [0.15, 0.2) is 47.8 Å². The van der Waals surface area contributed by atoms with Gasteiger partial charge in [0.05, 0.1) is 0 Å². The maximum Gasteiger partial charge on any atom is 0.108 e. The Morgan fingerprint density at radius 3 is 2.60 bits per heavy atom. The van der Waals surface area contributed by atoms with E-state index < -0.39 is 5.60 Å². The molecule has 0 radical (unpaired) electrons. The summed E-state index contributed by atoms with van der Waals surface area (Å²) in [7, 11) is 0. The third-order valence-electron chi connectivity index (χ3n) is 4.26. The second-order valence-electron chi connectivity index (χ2n) is 5.83. The third kappa shape index (κ3) is 2.80. The molecule has 0 spiro atoms. The minimum atomic E-state index is -0.773. The predicted octanol–water partition coefficient (Wildman–Crippen LogP) is 3.49. The van der Waals surface area contributed by atoms with Crippen molar-refractivity contribution in [3.05, 3.63) is 58.3 Å². The molecule has 0 aliphatic heterocycles. The van der Waals surface area contributed by atoms with Crippen molar-refractivity contribution in [2.24, 2.45) is 0 Å². The van der Waals surface area contributed by atoms with Crippen LogP contribution >= 0.6 is 11.3 Å². The van der Waals surface area contributed by atoms with Crippen molar-refractivity contribution in [3.8, 4) is 0 Å². The van der Waals surface area contributed by atoms with Crippen LogP contribution in [0, 0.1) is 0 Å². The van der Waals surface area contributed by atoms with Crippen LogP contribution in [-0.4, -0.2) is 17.7 Å². The van der Waals surface area contributed by atoms with Crippen LogP contribution in [0.5, 0.6) is 0 Å². The van der Waals surface area contributed by atoms with E-state index in [-0.39, 0.29) is 0 Å². The highest BCUT2D eigenvalue weighted by atomic mass is 32.1. The van der Waals surface area contributed by atoms with Crippen LogP contribution in [0.4, 0.5) is 0 Å². The predicted molar refractivity (Wildman–Crippen MR) is 84.1 cm³/mol. The summed E-state index contributed by atoms with van der Waals surface area (Å²) in [6.07, 6.45) is 2.43. The summed E-state index contributed by atoms with van der Waals surface area (Å²) in [4.78, 5) is 1.03. The van der Waals surface area contributed by atoms with E-state index in [0.29, 0.717) is 18.5 Å². The molecule has 1 aliphatic rings. The van der Waals surface area contributed by atoms with Gasteiger partial charge in [-0.05, 0) is 42.7 Å². The molecule has 2 nitrogen and oxygen atoms in total. The molecule has 0 saturated heterocycles. The summed E-state index contributed by atoms with van der Waals surface area (Å²) in [5, 5.41) is 16.1. The van der Waals surface area contributed by atoms with E-state index in [2.05, 4.69) is 35.6 Å². The van der Waals surface area contributed by atoms with E-state index in [1.807, 2.05) is 24.4 Å². The van der Waals surface area contributed by atoms with Gasteiger partial charge in [0.15, 0.2) is 0 Å². The van der Waals surface area contributed by atoms with Crippen LogP contribution in [0.1, 0.15) is 36.1 Å². The van der Waals surface area contributed by atoms with Gasteiger partial charge in [0.2, 0.25) is 0 Å². The first-order valence-corrected chi connectivity index (χ1v) is 8.09. The zero-order valence-corrected chi connectivity index (χ0v) is 12.6. The number of aliphatic hydroxyl groups is 1. The number of benzene rings is 1. The fourth-order valence-electron chi connectivity index (χ4n) is 2.85. The summed E-state index contributed by atoms with van der Waals surface area (Å²) in [5.74, 6) is 0.593. The quantitative estimate of drug-likeness (QED) is 0.882. The monoisotopic (exact) mass is 287 g/mol. The average molecular weight is 287 g/mol. The Labute approximate surface area is 124 Å². The van der Waals surface area contributed by atoms with Crippen LogP contribution in [0.3, 0.4) is 0 Å². The second kappa shape index (κ2) is 5.68. The van der Waals surface area contributed by atoms with E-state index in [0.717, 1.165) is 4.88 Å². The zero-order chi connectivity index (χ0) is 14.0. The minimum absolute atomic E-state index is 0.490. The zero-order valence-electron chi connectivity index (χ0n) is 11.8. The number of nitrogens with one attached hydrogen (secondary N) is 1. The van der Waals surface area contributed by atoms with E-state index in [4.69, 9.17) is 0 Å². The van der Waals surface area contributed by atoms with Crippen LogP contribution in [0.25, 0.3) is 0 Å². The molecule has 1 aliphatic carbocycles. The molecular weight excluding hydrogens is 266 g/mol. The van der Waals surface area contributed by atoms with Gasteiger partial charge in [-0.1, -0.05) is 36.4 Å². The lowest BCUT2D eigenvalue weighted by atomic mass is 9.75. The van der Waals surface area contributed by atoms with Crippen molar-refractivity contribution in [3.63, 3.8) is 0 Å². The Kier molecular flexibility index (Phi) is 3.92. The van der Waals surface area contributed by atoms with Crippen molar-refractivity contribution in [1.82, 2.24) is 5.32 Å². The Balaban J connectivity index is 1.59. The summed E-state index contributed by atoms with van der Waals surface area (Å²) < 4.78 is 0. The largest absolute Gasteiger partial charge is 0.383 e.